The van der Waals surface area contributed by atoms with E-state index in [0.717, 1.165) is 30.9 Å². The Labute approximate surface area is 179 Å². The predicted octanol–water partition coefficient (Wildman–Crippen LogP) is 4.49. The molecular weight excluding hydrogens is 446 g/mol. The normalized spacial score (nSPS) is 19.8. The van der Waals surface area contributed by atoms with Gasteiger partial charge in [0.05, 0.1) is 25.6 Å². The number of benzene rings is 1. The Morgan fingerprint density at radius 2 is 1.59 bits per heavy atom. The van der Waals surface area contributed by atoms with Crippen molar-refractivity contribution in [3.63, 3.8) is 0 Å². The highest BCUT2D eigenvalue weighted by Gasteiger charge is 2.49. The molecule has 12 heteroatoms. The SMILES string of the molecule is CCCc1ncc(OC(F)(F)C2OCC(OC(F)(F)c3c(F)cc(C)cc3F)CO2)cn1. The Morgan fingerprint density at radius 3 is 2.12 bits per heavy atom. The molecule has 0 atom stereocenters. The monoisotopic (exact) mass is 466 g/mol. The molecule has 0 spiro atoms. The molecule has 3 rings (SSSR count). The Morgan fingerprint density at radius 1 is 1.03 bits per heavy atom. The molecule has 0 amide bonds. The lowest BCUT2D eigenvalue weighted by Crippen LogP contribution is -2.50. The summed E-state index contributed by atoms with van der Waals surface area (Å²) in [6.07, 6.45) is -8.74. The summed E-state index contributed by atoms with van der Waals surface area (Å²) in [4.78, 5) is 7.77. The third kappa shape index (κ3) is 5.67. The maximum absolute atomic E-state index is 14.3. The van der Waals surface area contributed by atoms with Crippen LogP contribution in [0.2, 0.25) is 0 Å². The van der Waals surface area contributed by atoms with Crippen LogP contribution in [0, 0.1) is 18.6 Å². The third-order valence-electron chi connectivity index (χ3n) is 4.34. The van der Waals surface area contributed by atoms with Gasteiger partial charge in [-0.25, -0.2) is 18.7 Å². The van der Waals surface area contributed by atoms with E-state index in [4.69, 9.17) is 9.47 Å². The van der Waals surface area contributed by atoms with E-state index in [9.17, 15) is 26.3 Å². The molecule has 1 saturated heterocycles. The molecule has 1 aliphatic rings. The van der Waals surface area contributed by atoms with Crippen LogP contribution in [-0.4, -0.2) is 41.7 Å². The van der Waals surface area contributed by atoms with Crippen LogP contribution in [0.5, 0.6) is 5.75 Å². The first kappa shape index (κ1) is 24.2. The van der Waals surface area contributed by atoms with Gasteiger partial charge >= 0.3 is 12.2 Å². The highest BCUT2D eigenvalue weighted by atomic mass is 19.3. The first-order valence-corrected chi connectivity index (χ1v) is 9.64. The van der Waals surface area contributed by atoms with Gasteiger partial charge in [-0.3, -0.25) is 0 Å². The van der Waals surface area contributed by atoms with Gasteiger partial charge in [0, 0.05) is 6.42 Å². The van der Waals surface area contributed by atoms with E-state index in [-0.39, 0.29) is 11.3 Å². The van der Waals surface area contributed by atoms with E-state index in [0.29, 0.717) is 12.2 Å². The summed E-state index contributed by atoms with van der Waals surface area (Å²) in [6.45, 7) is 1.70. The molecule has 1 aromatic carbocycles. The lowest BCUT2D eigenvalue weighted by atomic mass is 10.1. The molecule has 1 fully saturated rings. The largest absolute Gasteiger partial charge is 0.451 e. The summed E-state index contributed by atoms with van der Waals surface area (Å²) in [5.41, 5.74) is -1.50. The highest BCUT2D eigenvalue weighted by molar-refractivity contribution is 5.27. The van der Waals surface area contributed by atoms with Gasteiger partial charge in [0.15, 0.2) is 5.75 Å². The van der Waals surface area contributed by atoms with Crippen LogP contribution in [0.4, 0.5) is 26.3 Å². The zero-order chi connectivity index (χ0) is 23.5. The second-order valence-electron chi connectivity index (χ2n) is 7.11. The minimum atomic E-state index is -4.39. The molecule has 0 aliphatic carbocycles. The van der Waals surface area contributed by atoms with Crippen molar-refractivity contribution in [1.29, 1.82) is 0 Å². The van der Waals surface area contributed by atoms with Gasteiger partial charge in [-0.1, -0.05) is 6.92 Å². The Kier molecular flexibility index (Phi) is 7.25. The minimum Gasteiger partial charge on any atom is -0.425 e. The van der Waals surface area contributed by atoms with Crippen LogP contribution in [0.1, 0.15) is 30.3 Å². The van der Waals surface area contributed by atoms with Crippen molar-refractivity contribution in [2.45, 2.75) is 51.3 Å². The van der Waals surface area contributed by atoms with Crippen molar-refractivity contribution in [3.05, 3.63) is 53.1 Å². The zero-order valence-corrected chi connectivity index (χ0v) is 17.1. The fraction of sp³-hybridized carbons (Fsp3) is 0.500. The van der Waals surface area contributed by atoms with Gasteiger partial charge in [-0.2, -0.15) is 17.6 Å². The van der Waals surface area contributed by atoms with E-state index < -0.39 is 55.0 Å². The van der Waals surface area contributed by atoms with Gasteiger partial charge in [0.1, 0.15) is 29.1 Å². The minimum absolute atomic E-state index is 0.0966. The number of aromatic nitrogens is 2. The van der Waals surface area contributed by atoms with Crippen LogP contribution in [0.25, 0.3) is 0 Å². The second kappa shape index (κ2) is 9.59. The summed E-state index contributed by atoms with van der Waals surface area (Å²) in [6, 6.07) is 1.44. The maximum atomic E-state index is 14.3. The van der Waals surface area contributed by atoms with E-state index in [1.807, 2.05) is 6.92 Å². The number of halogens is 6. The quantitative estimate of drug-likeness (QED) is 0.534. The standard InChI is InChI=1S/C20H20F6N2O4/c1-3-4-16-27-7-12(8-28-16)31-20(25,26)18-29-9-13(10-30-18)32-19(23,24)17-14(21)5-11(2)6-15(17)22/h5-8,13,18H,3-4,9-10H2,1-2H3. The van der Waals surface area contributed by atoms with Crippen molar-refractivity contribution < 1.29 is 45.3 Å². The van der Waals surface area contributed by atoms with Crippen LogP contribution in [0.3, 0.4) is 0 Å². The Bertz CT molecular complexity index is 898. The fourth-order valence-corrected chi connectivity index (χ4v) is 2.95. The third-order valence-corrected chi connectivity index (χ3v) is 4.34. The van der Waals surface area contributed by atoms with Crippen molar-refractivity contribution in [2.75, 3.05) is 13.2 Å². The van der Waals surface area contributed by atoms with Crippen LogP contribution in [0.15, 0.2) is 24.5 Å². The van der Waals surface area contributed by atoms with Crippen molar-refractivity contribution >= 4 is 0 Å². The maximum Gasteiger partial charge on any atom is 0.451 e. The number of ether oxygens (including phenoxy) is 4. The molecule has 0 unspecified atom stereocenters. The van der Waals surface area contributed by atoms with Crippen LogP contribution < -0.4 is 4.74 Å². The summed E-state index contributed by atoms with van der Waals surface area (Å²) in [5.74, 6) is -2.90. The van der Waals surface area contributed by atoms with Gasteiger partial charge < -0.3 is 18.9 Å². The van der Waals surface area contributed by atoms with Gasteiger partial charge in [-0.05, 0) is 31.0 Å². The lowest BCUT2D eigenvalue weighted by Gasteiger charge is -2.34. The predicted molar refractivity (Wildman–Crippen MR) is 97.2 cm³/mol. The summed E-state index contributed by atoms with van der Waals surface area (Å²) in [7, 11) is 0. The Hall–Kier alpha value is -2.44. The van der Waals surface area contributed by atoms with E-state index in [1.165, 1.54) is 6.92 Å². The van der Waals surface area contributed by atoms with E-state index in [2.05, 4.69) is 19.4 Å². The molecule has 2 aromatic rings. The number of nitrogens with zero attached hydrogens (tertiary/aromatic N) is 2. The average Bonchev–Trinajstić information content (AvgIpc) is 2.68. The van der Waals surface area contributed by atoms with Gasteiger partial charge in [0.25, 0.3) is 6.29 Å². The summed E-state index contributed by atoms with van der Waals surface area (Å²) >= 11 is 0. The van der Waals surface area contributed by atoms with Crippen molar-refractivity contribution in [2.24, 2.45) is 0 Å². The van der Waals surface area contributed by atoms with Gasteiger partial charge in [-0.15, -0.1) is 0 Å². The molecule has 1 aromatic heterocycles. The first-order chi connectivity index (χ1) is 15.0. The molecule has 6 nitrogen and oxygen atoms in total. The topological polar surface area (TPSA) is 62.7 Å². The zero-order valence-electron chi connectivity index (χ0n) is 17.1. The number of rotatable bonds is 8. The molecular formula is C20H20F6N2O4. The van der Waals surface area contributed by atoms with Crippen LogP contribution >= 0.6 is 0 Å². The molecule has 0 saturated carbocycles. The molecule has 0 bridgehead atoms. The summed E-state index contributed by atoms with van der Waals surface area (Å²) < 4.78 is 103. The molecule has 176 valence electrons. The number of hydrogen-bond donors (Lipinski definition) is 0. The summed E-state index contributed by atoms with van der Waals surface area (Å²) in [5, 5.41) is 0. The van der Waals surface area contributed by atoms with E-state index >= 15 is 0 Å². The Balaban J connectivity index is 1.59. The highest BCUT2D eigenvalue weighted by Crippen LogP contribution is 2.36. The molecule has 1 aliphatic heterocycles. The first-order valence-electron chi connectivity index (χ1n) is 9.64. The van der Waals surface area contributed by atoms with Gasteiger partial charge in [0.2, 0.25) is 0 Å². The smallest absolute Gasteiger partial charge is 0.425 e. The molecule has 0 radical (unpaired) electrons. The number of hydrogen-bond acceptors (Lipinski definition) is 6. The molecule has 0 N–H and O–H groups in total. The lowest BCUT2D eigenvalue weighted by molar-refractivity contribution is -0.377. The fourth-order valence-electron chi connectivity index (χ4n) is 2.95. The van der Waals surface area contributed by atoms with Crippen LogP contribution in [-0.2, 0) is 26.7 Å². The molecule has 32 heavy (non-hydrogen) atoms. The van der Waals surface area contributed by atoms with E-state index in [1.54, 1.807) is 0 Å². The number of alkyl halides is 4. The average molecular weight is 466 g/mol. The number of aryl methyl sites for hydroxylation is 2. The van der Waals surface area contributed by atoms with Crippen molar-refractivity contribution in [3.8, 4) is 5.75 Å². The molecule has 2 heterocycles. The van der Waals surface area contributed by atoms with Crippen molar-refractivity contribution in [1.82, 2.24) is 9.97 Å². The second-order valence-corrected chi connectivity index (χ2v) is 7.11.